The molecule has 0 bridgehead atoms. The van der Waals surface area contributed by atoms with Gasteiger partial charge in [-0.2, -0.15) is 3.71 Å². The van der Waals surface area contributed by atoms with Crippen molar-refractivity contribution in [3.05, 3.63) is 121 Å². The first-order valence-corrected chi connectivity index (χ1v) is 12.7. The van der Waals surface area contributed by atoms with Gasteiger partial charge in [-0.3, -0.25) is 20.2 Å². The van der Waals surface area contributed by atoms with E-state index >= 15 is 0 Å². The number of non-ortho nitro benzene ring substituents is 2. The van der Waals surface area contributed by atoms with Crippen molar-refractivity contribution in [2.75, 3.05) is 3.71 Å². The van der Waals surface area contributed by atoms with Crippen molar-refractivity contribution in [1.29, 1.82) is 0 Å². The maximum Gasteiger partial charge on any atom is 0.278 e. The van der Waals surface area contributed by atoms with E-state index in [1.54, 1.807) is 60.7 Å². The van der Waals surface area contributed by atoms with E-state index in [4.69, 9.17) is 0 Å². The summed E-state index contributed by atoms with van der Waals surface area (Å²) in [6.45, 7) is 0. The zero-order valence-corrected chi connectivity index (χ0v) is 19.4. The number of nitro groups is 2. The molecule has 35 heavy (non-hydrogen) atoms. The molecule has 3 aromatic carbocycles. The summed E-state index contributed by atoms with van der Waals surface area (Å²) in [5.74, 6) is 0. The van der Waals surface area contributed by atoms with Crippen molar-refractivity contribution in [2.24, 2.45) is 0 Å². The van der Waals surface area contributed by atoms with Gasteiger partial charge >= 0.3 is 0 Å². The molecule has 0 unspecified atom stereocenters. The molecule has 0 atom stereocenters. The number of sulfonamides is 2. The summed E-state index contributed by atoms with van der Waals surface area (Å²) in [7, 11) is -9.70. The van der Waals surface area contributed by atoms with Gasteiger partial charge in [0.05, 0.1) is 32.4 Å². The van der Waals surface area contributed by atoms with Gasteiger partial charge in [0.2, 0.25) is 0 Å². The molecule has 0 aliphatic heterocycles. The van der Waals surface area contributed by atoms with Crippen LogP contribution in [0.1, 0.15) is 11.1 Å². The first-order chi connectivity index (χ1) is 16.5. The fraction of sp³-hybridized carbons (Fsp3) is 0. The largest absolute Gasteiger partial charge is 0.278 e. The number of hydrogen-bond acceptors (Lipinski definition) is 8. The quantitative estimate of drug-likeness (QED) is 0.301. The smallest absolute Gasteiger partial charge is 0.258 e. The molecular weight excluding hydrogens is 498 g/mol. The van der Waals surface area contributed by atoms with E-state index in [0.29, 0.717) is 40.1 Å². The van der Waals surface area contributed by atoms with Gasteiger partial charge in [-0.1, -0.05) is 60.7 Å². The van der Waals surface area contributed by atoms with Gasteiger partial charge in [0, 0.05) is 12.1 Å². The van der Waals surface area contributed by atoms with Crippen molar-refractivity contribution in [1.82, 2.24) is 0 Å². The molecule has 0 saturated heterocycles. The molecule has 0 aliphatic rings. The average Bonchev–Trinajstić information content (AvgIpc) is 2.82. The van der Waals surface area contributed by atoms with Crippen molar-refractivity contribution in [3.8, 4) is 0 Å². The maximum absolute atomic E-state index is 13.2. The first kappa shape index (κ1) is 25.3. The van der Waals surface area contributed by atoms with E-state index in [2.05, 4.69) is 0 Å². The molecule has 0 aliphatic carbocycles. The number of anilines is 1. The number of rotatable bonds is 9. The van der Waals surface area contributed by atoms with Crippen LogP contribution in [0.3, 0.4) is 0 Å². The zero-order chi connectivity index (χ0) is 25.6. The summed E-state index contributed by atoms with van der Waals surface area (Å²) >= 11 is 0. The van der Waals surface area contributed by atoms with Crippen LogP contribution in [0.2, 0.25) is 0 Å². The Balaban J connectivity index is 2.21. The molecule has 3 rings (SSSR count). The summed E-state index contributed by atoms with van der Waals surface area (Å²) in [6, 6.07) is 18.1. The van der Waals surface area contributed by atoms with Crippen LogP contribution in [0.15, 0.2) is 89.7 Å². The Kier molecular flexibility index (Phi) is 7.42. The molecule has 0 heterocycles. The molecule has 11 nitrogen and oxygen atoms in total. The van der Waals surface area contributed by atoms with Crippen LogP contribution in [0.5, 0.6) is 0 Å². The lowest BCUT2D eigenvalue weighted by atomic mass is 10.2. The summed E-state index contributed by atoms with van der Waals surface area (Å²) in [5, 5.41) is 23.8. The van der Waals surface area contributed by atoms with E-state index in [0.717, 1.165) is 12.2 Å². The minimum atomic E-state index is -4.85. The molecule has 0 radical (unpaired) electrons. The average molecular weight is 516 g/mol. The fourth-order valence-corrected chi connectivity index (χ4v) is 6.04. The van der Waals surface area contributed by atoms with Crippen LogP contribution >= 0.6 is 0 Å². The van der Waals surface area contributed by atoms with Gasteiger partial charge in [0.15, 0.2) is 0 Å². The van der Waals surface area contributed by atoms with Gasteiger partial charge in [-0.15, -0.1) is 0 Å². The third-order valence-corrected chi connectivity index (χ3v) is 8.00. The van der Waals surface area contributed by atoms with Gasteiger partial charge in [0.25, 0.3) is 31.4 Å². The highest BCUT2D eigenvalue weighted by Gasteiger charge is 2.34. The first-order valence-electron chi connectivity index (χ1n) is 9.70. The Labute approximate surface area is 200 Å². The highest BCUT2D eigenvalue weighted by atomic mass is 32.3. The number of benzene rings is 3. The van der Waals surface area contributed by atoms with Gasteiger partial charge < -0.3 is 0 Å². The van der Waals surface area contributed by atoms with Crippen molar-refractivity contribution in [2.45, 2.75) is 0 Å². The normalized spacial score (nSPS) is 12.1. The fourth-order valence-electron chi connectivity index (χ4n) is 2.90. The molecular formula is C22H17N3O8S2. The summed E-state index contributed by atoms with van der Waals surface area (Å²) in [5.41, 5.74) is -1.65. The van der Waals surface area contributed by atoms with E-state index in [1.807, 2.05) is 0 Å². The van der Waals surface area contributed by atoms with Crippen LogP contribution < -0.4 is 3.71 Å². The second kappa shape index (κ2) is 10.3. The minimum absolute atomic E-state index is 0.0844. The molecule has 0 saturated carbocycles. The molecule has 3 aromatic rings. The van der Waals surface area contributed by atoms with Crippen LogP contribution in [0, 0.1) is 20.2 Å². The Hall–Kier alpha value is -4.36. The predicted octanol–water partition coefficient (Wildman–Crippen LogP) is 4.31. The number of nitro benzene ring substituents is 2. The molecule has 0 N–H and O–H groups in total. The van der Waals surface area contributed by atoms with Crippen molar-refractivity contribution in [3.63, 3.8) is 0 Å². The molecule has 180 valence electrons. The summed E-state index contributed by atoms with van der Waals surface area (Å²) < 4.78 is 52.8. The molecule has 0 spiro atoms. The lowest BCUT2D eigenvalue weighted by Crippen LogP contribution is -2.34. The number of hydrogen-bond donors (Lipinski definition) is 0. The summed E-state index contributed by atoms with van der Waals surface area (Å²) in [6.07, 6.45) is 2.26. The second-order valence-electron chi connectivity index (χ2n) is 6.94. The van der Waals surface area contributed by atoms with Crippen LogP contribution in [0.25, 0.3) is 12.2 Å². The second-order valence-corrected chi connectivity index (χ2v) is 10.5. The molecule has 13 heteroatoms. The van der Waals surface area contributed by atoms with Crippen molar-refractivity contribution >= 4 is 49.3 Å². The molecule has 0 amide bonds. The molecule has 0 aromatic heterocycles. The maximum atomic E-state index is 13.2. The highest BCUT2D eigenvalue weighted by molar-refractivity contribution is 8.12. The lowest BCUT2D eigenvalue weighted by molar-refractivity contribution is -0.394. The molecule has 0 fully saturated rings. The zero-order valence-electron chi connectivity index (χ0n) is 17.7. The van der Waals surface area contributed by atoms with Gasteiger partial charge in [-0.25, -0.2) is 16.8 Å². The Morgan fingerprint density at radius 2 is 1.00 bits per heavy atom. The predicted molar refractivity (Wildman–Crippen MR) is 131 cm³/mol. The Morgan fingerprint density at radius 3 is 1.34 bits per heavy atom. The van der Waals surface area contributed by atoms with Gasteiger partial charge in [-0.05, 0) is 23.3 Å². The SMILES string of the molecule is O=[N+]([O-])c1cc(N(S(=O)(=O)/C=C/c2ccccc2)S(=O)(=O)/C=C/c2ccccc2)cc([N+](=O)[O-])c1. The monoisotopic (exact) mass is 515 g/mol. The Morgan fingerprint density at radius 1 is 0.629 bits per heavy atom. The summed E-state index contributed by atoms with van der Waals surface area (Å²) in [4.78, 5) is 20.6. The van der Waals surface area contributed by atoms with E-state index in [9.17, 15) is 37.1 Å². The highest BCUT2D eigenvalue weighted by Crippen LogP contribution is 2.33. The third-order valence-electron chi connectivity index (χ3n) is 4.45. The topological polar surface area (TPSA) is 158 Å². The van der Waals surface area contributed by atoms with E-state index < -0.39 is 47.0 Å². The van der Waals surface area contributed by atoms with Crippen LogP contribution in [0.4, 0.5) is 17.1 Å². The third kappa shape index (κ3) is 6.37. The van der Waals surface area contributed by atoms with E-state index in [-0.39, 0.29) is 3.71 Å². The standard InChI is InChI=1S/C22H17N3O8S2/c26-23(27)20-15-21(24(28)29)17-22(16-20)25(34(30,31)13-11-18-7-3-1-4-8-18)35(32,33)14-12-19-9-5-2-6-10-19/h1-17H/b13-11+,14-12+. The van der Waals surface area contributed by atoms with E-state index in [1.165, 1.54) is 0 Å². The minimum Gasteiger partial charge on any atom is -0.258 e. The lowest BCUT2D eigenvalue weighted by Gasteiger charge is -2.20. The Bertz CT molecular complexity index is 1410. The van der Waals surface area contributed by atoms with Crippen molar-refractivity contribution < 1.29 is 26.7 Å². The van der Waals surface area contributed by atoms with Gasteiger partial charge in [0.1, 0.15) is 0 Å². The number of nitrogens with zero attached hydrogens (tertiary/aromatic N) is 3. The van der Waals surface area contributed by atoms with Crippen LogP contribution in [-0.2, 0) is 20.0 Å². The van der Waals surface area contributed by atoms with Crippen LogP contribution in [-0.4, -0.2) is 26.7 Å².